The van der Waals surface area contributed by atoms with Gasteiger partial charge in [-0.3, -0.25) is 13.8 Å². The van der Waals surface area contributed by atoms with E-state index in [0.717, 1.165) is 22.5 Å². The number of aromatic nitrogens is 5. The minimum Gasteiger partial charge on any atom is -0.291 e. The minimum absolute atomic E-state index is 0.0616. The van der Waals surface area contributed by atoms with Gasteiger partial charge in [0.25, 0.3) is 5.56 Å². The van der Waals surface area contributed by atoms with Gasteiger partial charge >= 0.3 is 0 Å². The first kappa shape index (κ1) is 18.6. The number of para-hydroxylation sites is 1. The van der Waals surface area contributed by atoms with E-state index in [9.17, 15) is 4.79 Å². The number of imidazole rings is 1. The summed E-state index contributed by atoms with van der Waals surface area (Å²) in [7, 11) is 0. The van der Waals surface area contributed by atoms with E-state index >= 15 is 0 Å². The Morgan fingerprint density at radius 1 is 1.00 bits per heavy atom. The number of rotatable bonds is 4. The van der Waals surface area contributed by atoms with Gasteiger partial charge in [-0.25, -0.2) is 15.0 Å². The quantitative estimate of drug-likeness (QED) is 0.324. The molecule has 0 fully saturated rings. The number of nitrogens with zero attached hydrogens (tertiary/aromatic N) is 5. The Labute approximate surface area is 177 Å². The molecule has 0 aliphatic rings. The second-order valence-corrected chi connectivity index (χ2v) is 8.06. The Hall–Kier alpha value is -3.45. The molecule has 5 rings (SSSR count). The van der Waals surface area contributed by atoms with E-state index < -0.39 is 0 Å². The smallest absolute Gasteiger partial charge is 0.266 e. The zero-order valence-electron chi connectivity index (χ0n) is 16.6. The van der Waals surface area contributed by atoms with Gasteiger partial charge in [0.15, 0.2) is 5.16 Å². The molecular formula is C23H19N5OS. The summed E-state index contributed by atoms with van der Waals surface area (Å²) in [6.45, 7) is 4.09. The van der Waals surface area contributed by atoms with E-state index in [4.69, 9.17) is 4.98 Å². The standard InChI is InChI=1S/C23H19N5OS/c1-15-7-5-10-20(16(15)2)28-21(29)18-8-3-4-9-19(18)26-23(28)30-14-17-13-27-12-6-11-24-22(27)25-17/h3-13H,14H2,1-2H3. The Kier molecular flexibility index (Phi) is 4.59. The zero-order valence-corrected chi connectivity index (χ0v) is 17.4. The van der Waals surface area contributed by atoms with E-state index in [-0.39, 0.29) is 5.56 Å². The second kappa shape index (κ2) is 7.42. The SMILES string of the molecule is Cc1cccc(-n2c(SCc3cn4cccnc4n3)nc3ccccc3c2=O)c1C. The normalized spacial score (nSPS) is 11.4. The lowest BCUT2D eigenvalue weighted by Gasteiger charge is -2.16. The molecule has 0 bridgehead atoms. The first-order chi connectivity index (χ1) is 14.6. The molecule has 3 heterocycles. The summed E-state index contributed by atoms with van der Waals surface area (Å²) in [5.74, 6) is 1.24. The zero-order chi connectivity index (χ0) is 20.7. The van der Waals surface area contributed by atoms with Gasteiger partial charge in [0, 0.05) is 24.3 Å². The van der Waals surface area contributed by atoms with Crippen molar-refractivity contribution in [2.45, 2.75) is 24.8 Å². The molecule has 3 aromatic heterocycles. The van der Waals surface area contributed by atoms with Crippen LogP contribution < -0.4 is 5.56 Å². The topological polar surface area (TPSA) is 65.1 Å². The van der Waals surface area contributed by atoms with Crippen molar-refractivity contribution in [2.24, 2.45) is 0 Å². The van der Waals surface area contributed by atoms with Crippen LogP contribution in [0.25, 0.3) is 22.4 Å². The van der Waals surface area contributed by atoms with Crippen molar-refractivity contribution in [3.8, 4) is 5.69 Å². The fourth-order valence-electron chi connectivity index (χ4n) is 3.49. The minimum atomic E-state index is -0.0616. The number of hydrogen-bond donors (Lipinski definition) is 0. The second-order valence-electron chi connectivity index (χ2n) is 7.12. The van der Waals surface area contributed by atoms with Gasteiger partial charge in [-0.15, -0.1) is 0 Å². The maximum absolute atomic E-state index is 13.4. The van der Waals surface area contributed by atoms with Crippen LogP contribution >= 0.6 is 11.8 Å². The molecule has 0 amide bonds. The molecular weight excluding hydrogens is 394 g/mol. The molecule has 0 aliphatic heterocycles. The highest BCUT2D eigenvalue weighted by Crippen LogP contribution is 2.26. The monoisotopic (exact) mass is 413 g/mol. The summed E-state index contributed by atoms with van der Waals surface area (Å²) in [5.41, 5.74) is 4.58. The molecule has 7 heteroatoms. The first-order valence-electron chi connectivity index (χ1n) is 9.61. The highest BCUT2D eigenvalue weighted by molar-refractivity contribution is 7.98. The van der Waals surface area contributed by atoms with Crippen LogP contribution in [0.4, 0.5) is 0 Å². The Balaban J connectivity index is 1.64. The van der Waals surface area contributed by atoms with Crippen LogP contribution in [0.15, 0.2) is 77.1 Å². The summed E-state index contributed by atoms with van der Waals surface area (Å²) in [6.07, 6.45) is 5.60. The maximum Gasteiger partial charge on any atom is 0.266 e. The van der Waals surface area contributed by atoms with Crippen LogP contribution in [0.2, 0.25) is 0 Å². The van der Waals surface area contributed by atoms with Gasteiger partial charge in [0.2, 0.25) is 5.78 Å². The van der Waals surface area contributed by atoms with Crippen LogP contribution in [-0.4, -0.2) is 23.9 Å². The van der Waals surface area contributed by atoms with Gasteiger partial charge in [-0.1, -0.05) is 36.0 Å². The van der Waals surface area contributed by atoms with E-state index in [2.05, 4.69) is 23.0 Å². The predicted octanol–water partition coefficient (Wildman–Crippen LogP) is 4.34. The third kappa shape index (κ3) is 3.17. The van der Waals surface area contributed by atoms with Gasteiger partial charge < -0.3 is 0 Å². The molecule has 0 spiro atoms. The summed E-state index contributed by atoms with van der Waals surface area (Å²) >= 11 is 1.50. The molecule has 5 aromatic rings. The maximum atomic E-state index is 13.4. The Bertz CT molecular complexity index is 1420. The molecule has 2 aromatic carbocycles. The number of hydrogen-bond acceptors (Lipinski definition) is 5. The molecule has 0 radical (unpaired) electrons. The van der Waals surface area contributed by atoms with Crippen LogP contribution in [0.5, 0.6) is 0 Å². The van der Waals surface area contributed by atoms with E-state index in [1.807, 2.05) is 66.2 Å². The van der Waals surface area contributed by atoms with Crippen molar-refractivity contribution in [1.82, 2.24) is 23.9 Å². The van der Waals surface area contributed by atoms with Gasteiger partial charge in [0.1, 0.15) is 0 Å². The van der Waals surface area contributed by atoms with Crippen molar-refractivity contribution in [1.29, 1.82) is 0 Å². The molecule has 0 atom stereocenters. The summed E-state index contributed by atoms with van der Waals surface area (Å²) < 4.78 is 3.62. The highest BCUT2D eigenvalue weighted by atomic mass is 32.2. The third-order valence-corrected chi connectivity index (χ3v) is 6.17. The number of aryl methyl sites for hydroxylation is 1. The largest absolute Gasteiger partial charge is 0.291 e. The summed E-state index contributed by atoms with van der Waals surface area (Å²) in [5, 5.41) is 1.26. The number of fused-ring (bicyclic) bond motifs is 2. The molecule has 30 heavy (non-hydrogen) atoms. The van der Waals surface area contributed by atoms with Crippen LogP contribution in [0.1, 0.15) is 16.8 Å². The Morgan fingerprint density at radius 3 is 2.73 bits per heavy atom. The molecule has 0 unspecified atom stereocenters. The number of thioether (sulfide) groups is 1. The lowest BCUT2D eigenvalue weighted by atomic mass is 10.1. The van der Waals surface area contributed by atoms with Crippen molar-refractivity contribution >= 4 is 28.4 Å². The fraction of sp³-hybridized carbons (Fsp3) is 0.130. The van der Waals surface area contributed by atoms with Crippen molar-refractivity contribution in [2.75, 3.05) is 0 Å². The van der Waals surface area contributed by atoms with Gasteiger partial charge in [-0.05, 0) is 49.2 Å². The summed E-state index contributed by atoms with van der Waals surface area (Å²) in [4.78, 5) is 27.1. The lowest BCUT2D eigenvalue weighted by Crippen LogP contribution is -2.22. The van der Waals surface area contributed by atoms with Crippen molar-refractivity contribution in [3.63, 3.8) is 0 Å². The average molecular weight is 414 g/mol. The molecule has 0 aliphatic carbocycles. The highest BCUT2D eigenvalue weighted by Gasteiger charge is 2.16. The van der Waals surface area contributed by atoms with Crippen molar-refractivity contribution in [3.05, 3.63) is 94.3 Å². The Morgan fingerprint density at radius 2 is 1.87 bits per heavy atom. The number of benzene rings is 2. The van der Waals surface area contributed by atoms with Gasteiger partial charge in [0.05, 0.1) is 22.3 Å². The third-order valence-electron chi connectivity index (χ3n) is 5.20. The lowest BCUT2D eigenvalue weighted by molar-refractivity contribution is 0.812. The van der Waals surface area contributed by atoms with Crippen LogP contribution in [0, 0.1) is 13.8 Å². The summed E-state index contributed by atoms with van der Waals surface area (Å²) in [6, 6.07) is 15.3. The molecule has 6 nitrogen and oxygen atoms in total. The van der Waals surface area contributed by atoms with Crippen LogP contribution in [0.3, 0.4) is 0 Å². The van der Waals surface area contributed by atoms with Crippen molar-refractivity contribution < 1.29 is 0 Å². The van der Waals surface area contributed by atoms with E-state index in [1.165, 1.54) is 11.8 Å². The van der Waals surface area contributed by atoms with Crippen LogP contribution in [-0.2, 0) is 5.75 Å². The van der Waals surface area contributed by atoms with Gasteiger partial charge in [-0.2, -0.15) is 0 Å². The average Bonchev–Trinajstić information content (AvgIpc) is 3.18. The predicted molar refractivity (Wildman–Crippen MR) is 119 cm³/mol. The van der Waals surface area contributed by atoms with E-state index in [1.54, 1.807) is 10.8 Å². The van der Waals surface area contributed by atoms with E-state index in [0.29, 0.717) is 27.6 Å². The first-order valence-corrected chi connectivity index (χ1v) is 10.6. The molecule has 0 saturated carbocycles. The molecule has 0 N–H and O–H groups in total. The fourth-order valence-corrected chi connectivity index (χ4v) is 4.38. The molecule has 0 saturated heterocycles. The molecule has 148 valence electrons.